The monoisotopic (exact) mass is 425 g/mol. The maximum Gasteiger partial charge on any atom is 0.359 e. The van der Waals surface area contributed by atoms with Crippen LogP contribution in [0.3, 0.4) is 0 Å². The third-order valence-corrected chi connectivity index (χ3v) is 5.19. The van der Waals surface area contributed by atoms with Crippen molar-refractivity contribution in [1.29, 1.82) is 0 Å². The van der Waals surface area contributed by atoms with Crippen LogP contribution in [-0.2, 0) is 4.74 Å². The van der Waals surface area contributed by atoms with E-state index in [4.69, 9.17) is 45.3 Å². The summed E-state index contributed by atoms with van der Waals surface area (Å²) in [5.74, 6) is -1.29. The zero-order valence-corrected chi connectivity index (χ0v) is 16.5. The van der Waals surface area contributed by atoms with Crippen molar-refractivity contribution >= 4 is 63.1 Å². The zero-order valence-electron chi connectivity index (χ0n) is 14.3. The van der Waals surface area contributed by atoms with E-state index in [1.54, 1.807) is 6.92 Å². The summed E-state index contributed by atoms with van der Waals surface area (Å²) in [5, 5.41) is 0.323. The van der Waals surface area contributed by atoms with Crippen LogP contribution in [0.1, 0.15) is 33.5 Å². The summed E-state index contributed by atoms with van der Waals surface area (Å²) in [6.07, 6.45) is -1.08. The fourth-order valence-corrected chi connectivity index (χ4v) is 3.32. The van der Waals surface area contributed by atoms with Gasteiger partial charge in [0.25, 0.3) is 0 Å². The third-order valence-electron chi connectivity index (χ3n) is 4.06. The lowest BCUT2D eigenvalue weighted by Gasteiger charge is -2.14. The van der Waals surface area contributed by atoms with Gasteiger partial charge in [0.05, 0.1) is 10.7 Å². The number of nitrogens with two attached hydrogens (primary N) is 1. The molecule has 0 aliphatic carbocycles. The van der Waals surface area contributed by atoms with Gasteiger partial charge in [-0.25, -0.2) is 9.78 Å². The van der Waals surface area contributed by atoms with Gasteiger partial charge in [0.2, 0.25) is 5.78 Å². The highest BCUT2D eigenvalue weighted by Crippen LogP contribution is 2.34. The first-order valence-corrected chi connectivity index (χ1v) is 8.98. The Hall–Kier alpha value is -2.28. The molecule has 3 N–H and O–H groups in total. The summed E-state index contributed by atoms with van der Waals surface area (Å²) in [4.78, 5) is 32.2. The fraction of sp³-hybridized carbons (Fsp3) is 0.167. The maximum atomic E-state index is 12.9. The molecule has 2 heterocycles. The van der Waals surface area contributed by atoms with E-state index >= 15 is 0 Å². The highest BCUT2D eigenvalue weighted by atomic mass is 35.5. The average Bonchev–Trinajstić information content (AvgIpc) is 2.97. The number of Topliss-reactive ketones (excluding diaryl/α,β-unsaturated/α-hetero) is 1. The van der Waals surface area contributed by atoms with E-state index in [9.17, 15) is 9.59 Å². The molecule has 0 saturated heterocycles. The van der Waals surface area contributed by atoms with Gasteiger partial charge >= 0.3 is 5.97 Å². The SMILES string of the molecule is Cc1[nH]c2ccccc2c1C(=O)[C@H](C)OC(=O)c1nc(Cl)c(Cl)c(N)c1Cl. The summed E-state index contributed by atoms with van der Waals surface area (Å²) < 4.78 is 5.25. The van der Waals surface area contributed by atoms with Crippen LogP contribution in [0.2, 0.25) is 15.2 Å². The standard InChI is InChI=1S/C18H14Cl3N3O3/c1-7-11(9-5-3-4-6-10(9)23-7)16(25)8(2)27-18(26)15-12(19)14(22)13(20)17(21)24-15/h3-6,8,23H,1-2H3,(H2,22,24)/t8-/m0/s1. The Labute approximate surface area is 169 Å². The van der Waals surface area contributed by atoms with Crippen LogP contribution in [0.4, 0.5) is 5.69 Å². The van der Waals surface area contributed by atoms with Crippen LogP contribution >= 0.6 is 34.8 Å². The molecule has 6 nitrogen and oxygen atoms in total. The first-order valence-electron chi connectivity index (χ1n) is 7.84. The number of hydrogen-bond donors (Lipinski definition) is 2. The van der Waals surface area contributed by atoms with Crippen LogP contribution in [0.5, 0.6) is 0 Å². The van der Waals surface area contributed by atoms with Crippen LogP contribution in [0, 0.1) is 6.92 Å². The molecule has 27 heavy (non-hydrogen) atoms. The second-order valence-corrected chi connectivity index (χ2v) is 6.99. The number of carbonyl (C=O) groups excluding carboxylic acids is 2. The number of para-hydroxylation sites is 1. The number of rotatable bonds is 4. The Bertz CT molecular complexity index is 1080. The number of esters is 1. The Morgan fingerprint density at radius 2 is 1.85 bits per heavy atom. The average molecular weight is 427 g/mol. The summed E-state index contributed by atoms with van der Waals surface area (Å²) in [5.41, 5.74) is 7.27. The Kier molecular flexibility index (Phi) is 5.33. The number of hydrogen-bond acceptors (Lipinski definition) is 5. The van der Waals surface area contributed by atoms with Crippen molar-refractivity contribution in [2.45, 2.75) is 20.0 Å². The zero-order chi connectivity index (χ0) is 19.9. The topological polar surface area (TPSA) is 98.1 Å². The molecule has 2 aromatic heterocycles. The van der Waals surface area contributed by atoms with Crippen molar-refractivity contribution in [2.24, 2.45) is 0 Å². The van der Waals surface area contributed by atoms with Crippen LogP contribution in [0.25, 0.3) is 10.9 Å². The molecular weight excluding hydrogens is 413 g/mol. The second-order valence-electron chi connectivity index (χ2n) is 5.88. The van der Waals surface area contributed by atoms with Crippen molar-refractivity contribution < 1.29 is 14.3 Å². The van der Waals surface area contributed by atoms with Gasteiger partial charge in [0.1, 0.15) is 5.02 Å². The van der Waals surface area contributed by atoms with Crippen molar-refractivity contribution in [3.05, 3.63) is 56.4 Å². The molecule has 1 aromatic carbocycles. The second kappa shape index (κ2) is 7.38. The number of nitrogens with zero attached hydrogens (tertiary/aromatic N) is 1. The summed E-state index contributed by atoms with van der Waals surface area (Å²) in [6.45, 7) is 3.25. The lowest BCUT2D eigenvalue weighted by Crippen LogP contribution is -2.25. The molecule has 0 amide bonds. The van der Waals surface area contributed by atoms with Crippen LogP contribution in [-0.4, -0.2) is 27.8 Å². The molecule has 0 spiro atoms. The number of nitrogens with one attached hydrogen (secondary N) is 1. The normalized spacial score (nSPS) is 12.2. The van der Waals surface area contributed by atoms with Crippen molar-refractivity contribution in [1.82, 2.24) is 9.97 Å². The number of anilines is 1. The molecule has 0 aliphatic heterocycles. The van der Waals surface area contributed by atoms with Crippen LogP contribution in [0.15, 0.2) is 24.3 Å². The van der Waals surface area contributed by atoms with E-state index < -0.39 is 12.1 Å². The van der Waals surface area contributed by atoms with Crippen molar-refractivity contribution in [3.63, 3.8) is 0 Å². The van der Waals surface area contributed by atoms with Gasteiger partial charge in [-0.1, -0.05) is 53.0 Å². The molecule has 0 fully saturated rings. The molecule has 140 valence electrons. The van der Waals surface area contributed by atoms with Crippen molar-refractivity contribution in [2.75, 3.05) is 5.73 Å². The van der Waals surface area contributed by atoms with E-state index in [2.05, 4.69) is 9.97 Å². The fourth-order valence-electron chi connectivity index (χ4n) is 2.73. The maximum absolute atomic E-state index is 12.9. The van der Waals surface area contributed by atoms with Gasteiger partial charge in [-0.05, 0) is 19.9 Å². The molecular formula is C18H14Cl3N3O3. The molecule has 0 bridgehead atoms. The van der Waals surface area contributed by atoms with Gasteiger partial charge in [-0.3, -0.25) is 4.79 Å². The predicted molar refractivity (Wildman–Crippen MR) is 106 cm³/mol. The number of H-pyrrole nitrogens is 1. The van der Waals surface area contributed by atoms with Gasteiger partial charge in [0, 0.05) is 22.2 Å². The number of ketones is 1. The minimum absolute atomic E-state index is 0.0586. The lowest BCUT2D eigenvalue weighted by atomic mass is 10.0. The first-order chi connectivity index (χ1) is 12.7. The van der Waals surface area contributed by atoms with Gasteiger partial charge in [0.15, 0.2) is 17.0 Å². The summed E-state index contributed by atoms with van der Waals surface area (Å²) in [7, 11) is 0. The van der Waals surface area contributed by atoms with E-state index in [1.165, 1.54) is 6.92 Å². The number of pyridine rings is 1. The van der Waals surface area contributed by atoms with Gasteiger partial charge in [-0.15, -0.1) is 0 Å². The Balaban J connectivity index is 1.89. The highest BCUT2D eigenvalue weighted by molar-refractivity contribution is 6.46. The smallest absolute Gasteiger partial charge is 0.359 e. The number of aromatic nitrogens is 2. The van der Waals surface area contributed by atoms with Crippen molar-refractivity contribution in [3.8, 4) is 0 Å². The highest BCUT2D eigenvalue weighted by Gasteiger charge is 2.27. The van der Waals surface area contributed by atoms with E-state index in [0.717, 1.165) is 10.9 Å². The van der Waals surface area contributed by atoms with E-state index in [0.29, 0.717) is 11.3 Å². The van der Waals surface area contributed by atoms with E-state index in [-0.39, 0.29) is 32.4 Å². The molecule has 0 aliphatic rings. The lowest BCUT2D eigenvalue weighted by molar-refractivity contribution is 0.0313. The minimum atomic E-state index is -1.08. The summed E-state index contributed by atoms with van der Waals surface area (Å²) in [6, 6.07) is 7.36. The number of aryl methyl sites for hydroxylation is 1. The number of carbonyl (C=O) groups is 2. The summed E-state index contributed by atoms with van der Waals surface area (Å²) >= 11 is 17.7. The minimum Gasteiger partial charge on any atom is -0.449 e. The number of halogens is 3. The predicted octanol–water partition coefficient (Wildman–Crippen LogP) is 4.84. The number of nitrogen functional groups attached to an aromatic ring is 1. The molecule has 9 heteroatoms. The van der Waals surface area contributed by atoms with Gasteiger partial charge < -0.3 is 15.5 Å². The molecule has 0 saturated carbocycles. The molecule has 0 radical (unpaired) electrons. The number of ether oxygens (including phenoxy) is 1. The molecule has 3 rings (SSSR count). The third kappa shape index (κ3) is 3.48. The number of benzene rings is 1. The van der Waals surface area contributed by atoms with Crippen LogP contribution < -0.4 is 5.73 Å². The van der Waals surface area contributed by atoms with Gasteiger partial charge in [-0.2, -0.15) is 0 Å². The molecule has 3 aromatic rings. The quantitative estimate of drug-likeness (QED) is 0.353. The number of aromatic amines is 1. The first kappa shape index (κ1) is 19.5. The Morgan fingerprint density at radius 1 is 1.19 bits per heavy atom. The molecule has 0 unspecified atom stereocenters. The Morgan fingerprint density at radius 3 is 2.56 bits per heavy atom. The number of fused-ring (bicyclic) bond motifs is 1. The largest absolute Gasteiger partial charge is 0.449 e. The molecule has 1 atom stereocenters. The van der Waals surface area contributed by atoms with E-state index in [1.807, 2.05) is 24.3 Å².